The molecule has 0 radical (unpaired) electrons. The number of aromatic nitrogens is 2. The van der Waals surface area contributed by atoms with Gasteiger partial charge in [-0.25, -0.2) is 9.97 Å². The molecule has 0 unspecified atom stereocenters. The topological polar surface area (TPSA) is 81.0 Å². The van der Waals surface area contributed by atoms with E-state index in [0.717, 1.165) is 13.0 Å². The van der Waals surface area contributed by atoms with E-state index in [1.54, 1.807) is 6.07 Å². The van der Waals surface area contributed by atoms with Gasteiger partial charge < -0.3 is 5.32 Å². The third kappa shape index (κ3) is 2.99. The van der Waals surface area contributed by atoms with Crippen LogP contribution in [0.15, 0.2) is 36.2 Å². The fourth-order valence-electron chi connectivity index (χ4n) is 2.60. The standard InChI is InChI=1S/C15H16N4O2/c20-19(21)12-5-6-14-13(9-12)15(18-10-17-14)16-8-7-11-3-1-2-4-11/h3,5-6,9-10H,1-2,4,7-8H2,(H,16,17,18). The van der Waals surface area contributed by atoms with E-state index in [2.05, 4.69) is 21.4 Å². The number of nitro groups is 1. The van der Waals surface area contributed by atoms with E-state index in [9.17, 15) is 10.1 Å². The number of nitro benzene ring substituents is 1. The maximum atomic E-state index is 10.9. The lowest BCUT2D eigenvalue weighted by molar-refractivity contribution is -0.384. The number of nitrogens with one attached hydrogen (secondary N) is 1. The highest BCUT2D eigenvalue weighted by Gasteiger charge is 2.11. The summed E-state index contributed by atoms with van der Waals surface area (Å²) < 4.78 is 0. The molecule has 1 aromatic carbocycles. The van der Waals surface area contributed by atoms with Gasteiger partial charge in [0.15, 0.2) is 0 Å². The lowest BCUT2D eigenvalue weighted by Gasteiger charge is -2.08. The van der Waals surface area contributed by atoms with Crippen molar-refractivity contribution in [2.24, 2.45) is 0 Å². The smallest absolute Gasteiger partial charge is 0.270 e. The first kappa shape index (κ1) is 13.5. The van der Waals surface area contributed by atoms with Crippen LogP contribution in [0.5, 0.6) is 0 Å². The largest absolute Gasteiger partial charge is 0.369 e. The first-order chi connectivity index (χ1) is 10.2. The molecule has 1 aliphatic rings. The number of rotatable bonds is 5. The first-order valence-corrected chi connectivity index (χ1v) is 7.05. The Morgan fingerprint density at radius 3 is 3.00 bits per heavy atom. The number of allylic oxidation sites excluding steroid dienone is 1. The van der Waals surface area contributed by atoms with Crippen molar-refractivity contribution in [3.63, 3.8) is 0 Å². The molecule has 21 heavy (non-hydrogen) atoms. The van der Waals surface area contributed by atoms with Crippen LogP contribution in [-0.4, -0.2) is 21.4 Å². The predicted molar refractivity (Wildman–Crippen MR) is 81.2 cm³/mol. The molecule has 3 rings (SSSR count). The van der Waals surface area contributed by atoms with Gasteiger partial charge in [0.25, 0.3) is 5.69 Å². The molecule has 0 saturated heterocycles. The Morgan fingerprint density at radius 2 is 2.24 bits per heavy atom. The van der Waals surface area contributed by atoms with E-state index in [1.807, 2.05) is 0 Å². The van der Waals surface area contributed by atoms with Crippen LogP contribution >= 0.6 is 0 Å². The van der Waals surface area contributed by atoms with E-state index >= 15 is 0 Å². The summed E-state index contributed by atoms with van der Waals surface area (Å²) in [6.07, 6.45) is 8.37. The molecule has 0 atom stereocenters. The summed E-state index contributed by atoms with van der Waals surface area (Å²) in [5, 5.41) is 14.8. The number of hydrogen-bond donors (Lipinski definition) is 1. The Bertz CT molecular complexity index is 712. The summed E-state index contributed by atoms with van der Waals surface area (Å²) in [4.78, 5) is 18.8. The lowest BCUT2D eigenvalue weighted by Crippen LogP contribution is -2.05. The van der Waals surface area contributed by atoms with Crippen molar-refractivity contribution in [1.29, 1.82) is 0 Å². The van der Waals surface area contributed by atoms with E-state index < -0.39 is 4.92 Å². The Kier molecular flexibility index (Phi) is 3.77. The van der Waals surface area contributed by atoms with Gasteiger partial charge in [0.1, 0.15) is 12.1 Å². The normalized spacial score (nSPS) is 14.2. The monoisotopic (exact) mass is 284 g/mol. The molecule has 6 heteroatoms. The van der Waals surface area contributed by atoms with E-state index in [0.29, 0.717) is 16.7 Å². The average molecular weight is 284 g/mol. The molecule has 1 aliphatic carbocycles. The van der Waals surface area contributed by atoms with Crippen LogP contribution in [0.25, 0.3) is 10.9 Å². The molecule has 1 heterocycles. The second-order valence-corrected chi connectivity index (χ2v) is 5.11. The minimum Gasteiger partial charge on any atom is -0.369 e. The number of benzene rings is 1. The molecule has 108 valence electrons. The highest BCUT2D eigenvalue weighted by molar-refractivity contribution is 5.90. The molecule has 1 N–H and O–H groups in total. The second-order valence-electron chi connectivity index (χ2n) is 5.11. The number of nitrogens with zero attached hydrogens (tertiary/aromatic N) is 3. The summed E-state index contributed by atoms with van der Waals surface area (Å²) in [6.45, 7) is 0.778. The fourth-order valence-corrected chi connectivity index (χ4v) is 2.60. The molecule has 1 aromatic heterocycles. The zero-order valence-corrected chi connectivity index (χ0v) is 11.6. The Hall–Kier alpha value is -2.50. The Balaban J connectivity index is 1.80. The van der Waals surface area contributed by atoms with Crippen molar-refractivity contribution in [2.45, 2.75) is 25.7 Å². The highest BCUT2D eigenvalue weighted by Crippen LogP contribution is 2.25. The quantitative estimate of drug-likeness (QED) is 0.516. The van der Waals surface area contributed by atoms with Crippen LogP contribution in [0, 0.1) is 10.1 Å². The molecule has 0 amide bonds. The summed E-state index contributed by atoms with van der Waals surface area (Å²) >= 11 is 0. The molecule has 0 spiro atoms. The van der Waals surface area contributed by atoms with Gasteiger partial charge in [0.2, 0.25) is 0 Å². The number of fused-ring (bicyclic) bond motifs is 1. The van der Waals surface area contributed by atoms with Crippen molar-refractivity contribution >= 4 is 22.4 Å². The zero-order chi connectivity index (χ0) is 14.7. The van der Waals surface area contributed by atoms with Crippen LogP contribution in [0.4, 0.5) is 11.5 Å². The molecule has 6 nitrogen and oxygen atoms in total. The maximum Gasteiger partial charge on any atom is 0.270 e. The summed E-state index contributed by atoms with van der Waals surface area (Å²) in [5.74, 6) is 0.655. The van der Waals surface area contributed by atoms with Crippen LogP contribution < -0.4 is 5.32 Å². The average Bonchev–Trinajstić information content (AvgIpc) is 3.00. The van der Waals surface area contributed by atoms with Crippen LogP contribution in [0.1, 0.15) is 25.7 Å². The third-order valence-corrected chi connectivity index (χ3v) is 3.70. The summed E-state index contributed by atoms with van der Waals surface area (Å²) in [5.41, 5.74) is 2.24. The Labute approximate surface area is 122 Å². The maximum absolute atomic E-state index is 10.9. The van der Waals surface area contributed by atoms with Gasteiger partial charge in [-0.3, -0.25) is 10.1 Å². The van der Waals surface area contributed by atoms with Crippen molar-refractivity contribution in [3.05, 3.63) is 46.3 Å². The minimum atomic E-state index is -0.403. The van der Waals surface area contributed by atoms with Crippen molar-refractivity contribution < 1.29 is 4.92 Å². The van der Waals surface area contributed by atoms with Gasteiger partial charge in [-0.05, 0) is 31.7 Å². The van der Waals surface area contributed by atoms with Crippen molar-refractivity contribution in [2.75, 3.05) is 11.9 Å². The molecule has 0 saturated carbocycles. The number of anilines is 1. The van der Waals surface area contributed by atoms with E-state index in [1.165, 1.54) is 43.3 Å². The Morgan fingerprint density at radius 1 is 1.33 bits per heavy atom. The molecule has 2 aromatic rings. The van der Waals surface area contributed by atoms with Gasteiger partial charge >= 0.3 is 0 Å². The molecule has 0 aliphatic heterocycles. The van der Waals surface area contributed by atoms with Crippen LogP contribution in [0.2, 0.25) is 0 Å². The number of hydrogen-bond acceptors (Lipinski definition) is 5. The van der Waals surface area contributed by atoms with Gasteiger partial charge in [0, 0.05) is 24.1 Å². The number of non-ortho nitro benzene ring substituents is 1. The van der Waals surface area contributed by atoms with Crippen LogP contribution in [0.3, 0.4) is 0 Å². The van der Waals surface area contributed by atoms with Gasteiger partial charge in [0.05, 0.1) is 10.4 Å². The van der Waals surface area contributed by atoms with Crippen LogP contribution in [-0.2, 0) is 0 Å². The highest BCUT2D eigenvalue weighted by atomic mass is 16.6. The molecular weight excluding hydrogens is 268 g/mol. The molecule has 0 bridgehead atoms. The zero-order valence-electron chi connectivity index (χ0n) is 11.6. The molecule has 0 fully saturated rings. The summed E-state index contributed by atoms with van der Waals surface area (Å²) in [6, 6.07) is 4.63. The SMILES string of the molecule is O=[N+]([O-])c1ccc2ncnc(NCCC3=CCCC3)c2c1. The first-order valence-electron chi connectivity index (χ1n) is 7.05. The van der Waals surface area contributed by atoms with E-state index in [-0.39, 0.29) is 5.69 Å². The lowest BCUT2D eigenvalue weighted by atomic mass is 10.1. The third-order valence-electron chi connectivity index (χ3n) is 3.70. The minimum absolute atomic E-state index is 0.0545. The van der Waals surface area contributed by atoms with Gasteiger partial charge in [-0.2, -0.15) is 0 Å². The molecular formula is C15H16N4O2. The second kappa shape index (κ2) is 5.87. The predicted octanol–water partition coefficient (Wildman–Crippen LogP) is 3.45. The van der Waals surface area contributed by atoms with Gasteiger partial charge in [-0.15, -0.1) is 0 Å². The van der Waals surface area contributed by atoms with Crippen molar-refractivity contribution in [3.8, 4) is 0 Å². The fraction of sp³-hybridized carbons (Fsp3) is 0.333. The van der Waals surface area contributed by atoms with E-state index in [4.69, 9.17) is 0 Å². The van der Waals surface area contributed by atoms with Crippen molar-refractivity contribution in [1.82, 2.24) is 9.97 Å². The summed E-state index contributed by atoms with van der Waals surface area (Å²) in [7, 11) is 0. The van der Waals surface area contributed by atoms with Gasteiger partial charge in [-0.1, -0.05) is 11.6 Å².